The molecule has 4 nitrogen and oxygen atoms in total. The summed E-state index contributed by atoms with van der Waals surface area (Å²) in [6.45, 7) is 2.89. The Morgan fingerprint density at radius 1 is 1.00 bits per heavy atom. The lowest BCUT2D eigenvalue weighted by atomic mass is 10.1. The average molecular weight is 347 g/mol. The zero-order valence-electron chi connectivity index (χ0n) is 14.5. The first-order chi connectivity index (χ1) is 11.4. The van der Waals surface area contributed by atoms with Gasteiger partial charge in [-0.3, -0.25) is 0 Å². The molecular formula is C19H25NO3S. The van der Waals surface area contributed by atoms with Gasteiger partial charge in [-0.15, -0.1) is 0 Å². The molecule has 2 rings (SSSR count). The van der Waals surface area contributed by atoms with Gasteiger partial charge in [-0.2, -0.15) is 0 Å². The number of hydrogen-bond acceptors (Lipinski definition) is 4. The van der Waals surface area contributed by atoms with Crippen LogP contribution < -0.4 is 10.1 Å². The van der Waals surface area contributed by atoms with Crippen LogP contribution in [0.3, 0.4) is 0 Å². The Morgan fingerprint density at radius 2 is 1.58 bits per heavy atom. The number of nitrogens with one attached hydrogen (secondary N) is 1. The van der Waals surface area contributed by atoms with E-state index in [1.54, 1.807) is 19.2 Å². The molecule has 0 bridgehead atoms. The second-order valence-electron chi connectivity index (χ2n) is 6.08. The number of ether oxygens (including phenoxy) is 1. The lowest BCUT2D eigenvalue weighted by Crippen LogP contribution is -2.25. The number of hydrogen-bond donors (Lipinski definition) is 1. The van der Waals surface area contributed by atoms with E-state index in [-0.39, 0.29) is 0 Å². The van der Waals surface area contributed by atoms with Gasteiger partial charge < -0.3 is 10.1 Å². The molecule has 2 aromatic carbocycles. The standard InChI is InChI=1S/C19H25NO3S/c1-15(4-5-16-6-10-18(23-2)11-7-16)20-14-17-8-12-19(13-9-17)24(3,21)22/h6-13,15,20H,4-5,14H2,1-3H3. The van der Waals surface area contributed by atoms with E-state index in [0.29, 0.717) is 10.9 Å². The highest BCUT2D eigenvalue weighted by atomic mass is 32.2. The molecule has 0 saturated heterocycles. The zero-order chi connectivity index (χ0) is 17.6. The minimum atomic E-state index is -3.12. The topological polar surface area (TPSA) is 55.4 Å². The highest BCUT2D eigenvalue weighted by Crippen LogP contribution is 2.14. The molecular weight excluding hydrogens is 322 g/mol. The first-order valence-electron chi connectivity index (χ1n) is 8.04. The van der Waals surface area contributed by atoms with Crippen molar-refractivity contribution >= 4 is 9.84 Å². The Morgan fingerprint density at radius 3 is 2.12 bits per heavy atom. The molecule has 0 amide bonds. The minimum absolute atomic E-state index is 0.360. The number of methoxy groups -OCH3 is 1. The van der Waals surface area contributed by atoms with E-state index in [4.69, 9.17) is 4.74 Å². The van der Waals surface area contributed by atoms with Gasteiger partial charge in [0.2, 0.25) is 0 Å². The van der Waals surface area contributed by atoms with Crippen molar-refractivity contribution in [2.45, 2.75) is 37.2 Å². The summed E-state index contributed by atoms with van der Waals surface area (Å²) in [6.07, 6.45) is 3.26. The first-order valence-corrected chi connectivity index (χ1v) is 9.93. The Kier molecular flexibility index (Phi) is 6.40. The van der Waals surface area contributed by atoms with Crippen LogP contribution in [0.1, 0.15) is 24.5 Å². The third-order valence-electron chi connectivity index (χ3n) is 4.03. The normalized spacial score (nSPS) is 12.8. The number of aryl methyl sites for hydroxylation is 1. The van der Waals surface area contributed by atoms with Crippen LogP contribution in [0.4, 0.5) is 0 Å². The van der Waals surface area contributed by atoms with Crippen molar-refractivity contribution < 1.29 is 13.2 Å². The fourth-order valence-corrected chi connectivity index (χ4v) is 3.05. The molecule has 0 saturated carbocycles. The summed E-state index contributed by atoms with van der Waals surface area (Å²) in [6, 6.07) is 15.6. The predicted octanol–water partition coefficient (Wildman–Crippen LogP) is 3.21. The lowest BCUT2D eigenvalue weighted by Gasteiger charge is -2.14. The molecule has 1 N–H and O–H groups in total. The SMILES string of the molecule is COc1ccc(CCC(C)NCc2ccc(S(C)(=O)=O)cc2)cc1. The second kappa shape index (κ2) is 8.31. The number of sulfone groups is 1. The molecule has 0 heterocycles. The summed E-state index contributed by atoms with van der Waals surface area (Å²) in [4.78, 5) is 0.360. The van der Waals surface area contributed by atoms with Crippen molar-refractivity contribution in [3.63, 3.8) is 0 Å². The molecule has 0 aliphatic heterocycles. The van der Waals surface area contributed by atoms with E-state index < -0.39 is 9.84 Å². The molecule has 0 aliphatic carbocycles. The van der Waals surface area contributed by atoms with E-state index in [2.05, 4.69) is 24.4 Å². The molecule has 130 valence electrons. The van der Waals surface area contributed by atoms with Gasteiger partial charge in [-0.25, -0.2) is 8.42 Å². The van der Waals surface area contributed by atoms with Crippen LogP contribution in [0.5, 0.6) is 5.75 Å². The van der Waals surface area contributed by atoms with E-state index in [1.807, 2.05) is 24.3 Å². The van der Waals surface area contributed by atoms with Crippen LogP contribution in [-0.4, -0.2) is 27.8 Å². The van der Waals surface area contributed by atoms with Gasteiger partial charge in [-0.1, -0.05) is 24.3 Å². The van der Waals surface area contributed by atoms with Gasteiger partial charge >= 0.3 is 0 Å². The Bertz CT molecular complexity index is 737. The van der Waals surface area contributed by atoms with Crippen LogP contribution >= 0.6 is 0 Å². The van der Waals surface area contributed by atoms with Crippen molar-refractivity contribution in [3.8, 4) is 5.75 Å². The fraction of sp³-hybridized carbons (Fsp3) is 0.368. The van der Waals surface area contributed by atoms with Gasteiger partial charge in [0.25, 0.3) is 0 Å². The number of rotatable bonds is 8. The van der Waals surface area contributed by atoms with Gasteiger partial charge in [0.15, 0.2) is 9.84 Å². The molecule has 0 aliphatic rings. The first kappa shape index (κ1) is 18.5. The summed E-state index contributed by atoms with van der Waals surface area (Å²) in [5, 5.41) is 3.48. The van der Waals surface area contributed by atoms with Crippen molar-refractivity contribution in [2.24, 2.45) is 0 Å². The number of benzene rings is 2. The third kappa shape index (κ3) is 5.65. The van der Waals surface area contributed by atoms with E-state index >= 15 is 0 Å². The molecule has 1 atom stereocenters. The summed E-state index contributed by atoms with van der Waals surface area (Å²) in [5.74, 6) is 0.877. The second-order valence-corrected chi connectivity index (χ2v) is 8.10. The molecule has 0 aromatic heterocycles. The zero-order valence-corrected chi connectivity index (χ0v) is 15.3. The predicted molar refractivity (Wildman–Crippen MR) is 97.2 cm³/mol. The van der Waals surface area contributed by atoms with Crippen LogP contribution in [0.2, 0.25) is 0 Å². The van der Waals surface area contributed by atoms with Crippen LogP contribution in [-0.2, 0) is 22.8 Å². The molecule has 1 unspecified atom stereocenters. The maximum atomic E-state index is 11.4. The highest BCUT2D eigenvalue weighted by molar-refractivity contribution is 7.90. The Hall–Kier alpha value is -1.85. The summed E-state index contributed by atoms with van der Waals surface area (Å²) in [7, 11) is -1.45. The smallest absolute Gasteiger partial charge is 0.175 e. The maximum absolute atomic E-state index is 11.4. The fourth-order valence-electron chi connectivity index (χ4n) is 2.42. The highest BCUT2D eigenvalue weighted by Gasteiger charge is 2.07. The summed E-state index contributed by atoms with van der Waals surface area (Å²) < 4.78 is 28.1. The lowest BCUT2D eigenvalue weighted by molar-refractivity contribution is 0.414. The van der Waals surface area contributed by atoms with E-state index in [0.717, 1.165) is 30.7 Å². The van der Waals surface area contributed by atoms with Gasteiger partial charge in [0.05, 0.1) is 12.0 Å². The van der Waals surface area contributed by atoms with E-state index in [9.17, 15) is 8.42 Å². The van der Waals surface area contributed by atoms with Crippen molar-refractivity contribution in [1.29, 1.82) is 0 Å². The van der Waals surface area contributed by atoms with E-state index in [1.165, 1.54) is 11.8 Å². The molecule has 0 spiro atoms. The molecule has 5 heteroatoms. The quantitative estimate of drug-likeness (QED) is 0.797. The Labute approximate surface area is 144 Å². The van der Waals surface area contributed by atoms with Crippen molar-refractivity contribution in [1.82, 2.24) is 5.32 Å². The van der Waals surface area contributed by atoms with Gasteiger partial charge in [0.1, 0.15) is 5.75 Å². The van der Waals surface area contributed by atoms with Crippen molar-refractivity contribution in [2.75, 3.05) is 13.4 Å². The third-order valence-corrected chi connectivity index (χ3v) is 5.16. The van der Waals surface area contributed by atoms with Crippen LogP contribution in [0.25, 0.3) is 0 Å². The summed E-state index contributed by atoms with van der Waals surface area (Å²) >= 11 is 0. The molecule has 0 radical (unpaired) electrons. The van der Waals surface area contributed by atoms with Gasteiger partial charge in [-0.05, 0) is 55.2 Å². The minimum Gasteiger partial charge on any atom is -0.497 e. The monoisotopic (exact) mass is 347 g/mol. The average Bonchev–Trinajstić information content (AvgIpc) is 2.58. The maximum Gasteiger partial charge on any atom is 0.175 e. The molecule has 24 heavy (non-hydrogen) atoms. The van der Waals surface area contributed by atoms with Gasteiger partial charge in [0, 0.05) is 18.8 Å². The summed E-state index contributed by atoms with van der Waals surface area (Å²) in [5.41, 5.74) is 2.38. The van der Waals surface area contributed by atoms with Crippen LogP contribution in [0.15, 0.2) is 53.4 Å². The molecule has 2 aromatic rings. The van der Waals surface area contributed by atoms with Crippen LogP contribution in [0, 0.1) is 0 Å². The molecule has 0 fully saturated rings. The largest absolute Gasteiger partial charge is 0.497 e. The van der Waals surface area contributed by atoms with Crippen molar-refractivity contribution in [3.05, 3.63) is 59.7 Å². The Balaban J connectivity index is 1.79.